The number of nitrogens with one attached hydrogen (secondary N) is 1. The number of ether oxygens (including phenoxy) is 1. The van der Waals surface area contributed by atoms with Crippen molar-refractivity contribution >= 4 is 22.3 Å². The fourth-order valence-electron chi connectivity index (χ4n) is 4.89. The summed E-state index contributed by atoms with van der Waals surface area (Å²) in [5.74, 6) is 1.05. The Morgan fingerprint density at radius 3 is 2.63 bits per heavy atom. The van der Waals surface area contributed by atoms with Crippen molar-refractivity contribution in [3.05, 3.63) is 46.5 Å². The highest BCUT2D eigenvalue weighted by Crippen LogP contribution is 2.33. The highest BCUT2D eigenvalue weighted by molar-refractivity contribution is 5.87. The molecule has 1 saturated heterocycles. The molecule has 30 heavy (non-hydrogen) atoms. The summed E-state index contributed by atoms with van der Waals surface area (Å²) in [5.41, 5.74) is 1.40. The van der Waals surface area contributed by atoms with Gasteiger partial charge in [-0.25, -0.2) is 4.68 Å². The lowest BCUT2D eigenvalue weighted by molar-refractivity contribution is -0.123. The van der Waals surface area contributed by atoms with Crippen LogP contribution in [0.3, 0.4) is 0 Å². The normalized spacial score (nSPS) is 18.8. The Morgan fingerprint density at radius 2 is 1.83 bits per heavy atom. The van der Waals surface area contributed by atoms with Crippen LogP contribution in [0.2, 0.25) is 0 Å². The van der Waals surface area contributed by atoms with Gasteiger partial charge in [-0.2, -0.15) is 5.10 Å². The maximum Gasteiger partial charge on any atom is 0.291 e. The van der Waals surface area contributed by atoms with Crippen molar-refractivity contribution < 1.29 is 9.53 Å². The van der Waals surface area contributed by atoms with Gasteiger partial charge in [0.15, 0.2) is 0 Å². The summed E-state index contributed by atoms with van der Waals surface area (Å²) >= 11 is 0. The summed E-state index contributed by atoms with van der Waals surface area (Å²) in [6.45, 7) is 1.28. The molecule has 1 saturated carbocycles. The van der Waals surface area contributed by atoms with E-state index in [-0.39, 0.29) is 24.1 Å². The molecule has 1 amide bonds. The topological polar surface area (TPSA) is 77.6 Å². The first-order valence-corrected chi connectivity index (χ1v) is 11.1. The van der Waals surface area contributed by atoms with Gasteiger partial charge in [0.05, 0.1) is 5.52 Å². The van der Waals surface area contributed by atoms with Crippen LogP contribution in [0, 0.1) is 0 Å². The number of para-hydroxylation sites is 1. The lowest BCUT2D eigenvalue weighted by atomic mass is 9.88. The molecule has 2 aromatic heterocycles. The van der Waals surface area contributed by atoms with Gasteiger partial charge in [0.25, 0.3) is 5.56 Å². The lowest BCUT2D eigenvalue weighted by Crippen LogP contribution is -2.42. The van der Waals surface area contributed by atoms with Crippen molar-refractivity contribution in [2.45, 2.75) is 63.5 Å². The van der Waals surface area contributed by atoms with Gasteiger partial charge in [-0.3, -0.25) is 14.0 Å². The molecule has 7 nitrogen and oxygen atoms in total. The van der Waals surface area contributed by atoms with E-state index in [0.29, 0.717) is 24.6 Å². The number of hydrogen-bond donors (Lipinski definition) is 1. The zero-order valence-corrected chi connectivity index (χ0v) is 17.2. The van der Waals surface area contributed by atoms with Gasteiger partial charge in [-0.15, -0.1) is 0 Å². The fourth-order valence-corrected chi connectivity index (χ4v) is 4.89. The number of hydrogen-bond acceptors (Lipinski definition) is 4. The van der Waals surface area contributed by atoms with Crippen molar-refractivity contribution in [3.63, 3.8) is 0 Å². The summed E-state index contributed by atoms with van der Waals surface area (Å²) < 4.78 is 8.75. The minimum atomic E-state index is -0.215. The molecule has 158 valence electrons. The van der Waals surface area contributed by atoms with Gasteiger partial charge >= 0.3 is 0 Å². The van der Waals surface area contributed by atoms with Crippen LogP contribution in [-0.4, -0.2) is 39.3 Å². The first-order valence-electron chi connectivity index (χ1n) is 11.1. The Labute approximate surface area is 175 Å². The second kappa shape index (κ2) is 8.22. The van der Waals surface area contributed by atoms with Crippen molar-refractivity contribution in [3.8, 4) is 0 Å². The van der Waals surface area contributed by atoms with Gasteiger partial charge in [0.2, 0.25) is 5.91 Å². The number of nitrogens with zero attached hydrogens (tertiary/aromatic N) is 3. The predicted octanol–water partition coefficient (Wildman–Crippen LogP) is 2.99. The van der Waals surface area contributed by atoms with Crippen molar-refractivity contribution in [2.75, 3.05) is 13.2 Å². The molecule has 0 unspecified atom stereocenters. The van der Waals surface area contributed by atoms with Crippen LogP contribution >= 0.6 is 0 Å². The molecule has 0 radical (unpaired) electrons. The third kappa shape index (κ3) is 3.62. The molecule has 0 bridgehead atoms. The number of amides is 1. The molecular formula is C23H28N4O3. The maximum absolute atomic E-state index is 13.2. The highest BCUT2D eigenvalue weighted by Gasteiger charge is 2.24. The van der Waals surface area contributed by atoms with Crippen LogP contribution in [0.5, 0.6) is 0 Å². The second-order valence-electron chi connectivity index (χ2n) is 8.53. The Kier molecular flexibility index (Phi) is 5.29. The van der Waals surface area contributed by atoms with E-state index in [0.717, 1.165) is 42.4 Å². The van der Waals surface area contributed by atoms with Crippen LogP contribution in [0.1, 0.15) is 56.7 Å². The molecule has 2 fully saturated rings. The van der Waals surface area contributed by atoms with Crippen molar-refractivity contribution in [1.82, 2.24) is 19.5 Å². The minimum absolute atomic E-state index is 0.0477. The Balaban J connectivity index is 1.55. The summed E-state index contributed by atoms with van der Waals surface area (Å²) in [6.07, 6.45) is 7.36. The van der Waals surface area contributed by atoms with E-state index >= 15 is 0 Å². The molecule has 1 aliphatic carbocycles. The molecule has 5 rings (SSSR count). The quantitative estimate of drug-likeness (QED) is 0.720. The van der Waals surface area contributed by atoms with E-state index in [1.807, 2.05) is 34.7 Å². The largest absolute Gasteiger partial charge is 0.381 e. The standard InChI is InChI=1S/C23H28N4O3/c28-21(24-18-10-12-30-13-11-18)15-26-23(29)20-14-17-8-4-5-9-19(17)27(20)22(25-26)16-6-2-1-3-7-16/h4-5,8-9,14,16,18H,1-3,6-7,10-13,15H2,(H,24,28). The third-order valence-corrected chi connectivity index (χ3v) is 6.47. The summed E-state index contributed by atoms with van der Waals surface area (Å²) in [6, 6.07) is 10.1. The average molecular weight is 409 g/mol. The van der Waals surface area contributed by atoms with E-state index < -0.39 is 0 Å². The van der Waals surface area contributed by atoms with Gasteiger partial charge < -0.3 is 10.1 Å². The SMILES string of the molecule is O=C(Cn1nc(C2CCCCC2)n2c(cc3ccccc32)c1=O)NC1CCOCC1. The summed E-state index contributed by atoms with van der Waals surface area (Å²) in [7, 11) is 0. The number of carbonyl (C=O) groups is 1. The van der Waals surface area contributed by atoms with Crippen molar-refractivity contribution in [2.24, 2.45) is 0 Å². The van der Waals surface area contributed by atoms with E-state index in [1.165, 1.54) is 23.9 Å². The van der Waals surface area contributed by atoms with Gasteiger partial charge in [-0.05, 0) is 37.8 Å². The molecule has 0 spiro atoms. The predicted molar refractivity (Wildman–Crippen MR) is 115 cm³/mol. The number of fused-ring (bicyclic) bond motifs is 3. The molecule has 1 N–H and O–H groups in total. The molecule has 1 aromatic carbocycles. The fraction of sp³-hybridized carbons (Fsp3) is 0.522. The minimum Gasteiger partial charge on any atom is -0.381 e. The maximum atomic E-state index is 13.2. The van der Waals surface area contributed by atoms with Crippen LogP contribution < -0.4 is 10.9 Å². The van der Waals surface area contributed by atoms with Crippen LogP contribution in [0.25, 0.3) is 16.4 Å². The average Bonchev–Trinajstić information content (AvgIpc) is 3.17. The number of rotatable bonds is 4. The van der Waals surface area contributed by atoms with E-state index in [4.69, 9.17) is 9.84 Å². The zero-order valence-electron chi connectivity index (χ0n) is 17.2. The smallest absolute Gasteiger partial charge is 0.291 e. The van der Waals surface area contributed by atoms with Crippen LogP contribution in [0.15, 0.2) is 35.1 Å². The molecule has 1 aliphatic heterocycles. The number of benzene rings is 1. The summed E-state index contributed by atoms with van der Waals surface area (Å²) in [5, 5.41) is 8.83. The van der Waals surface area contributed by atoms with Gasteiger partial charge in [-0.1, -0.05) is 37.5 Å². The molecule has 7 heteroatoms. The number of carbonyl (C=O) groups excluding carboxylic acids is 1. The van der Waals surface area contributed by atoms with E-state index in [9.17, 15) is 9.59 Å². The molecular weight excluding hydrogens is 380 g/mol. The van der Waals surface area contributed by atoms with E-state index in [1.54, 1.807) is 0 Å². The monoisotopic (exact) mass is 408 g/mol. The Morgan fingerprint density at radius 1 is 1.07 bits per heavy atom. The first-order chi connectivity index (χ1) is 14.7. The van der Waals surface area contributed by atoms with Crippen LogP contribution in [-0.2, 0) is 16.1 Å². The molecule has 0 atom stereocenters. The molecule has 3 aromatic rings. The zero-order chi connectivity index (χ0) is 20.5. The number of aromatic nitrogens is 3. The van der Waals surface area contributed by atoms with Crippen molar-refractivity contribution in [1.29, 1.82) is 0 Å². The van der Waals surface area contributed by atoms with Gasteiger partial charge in [0, 0.05) is 30.6 Å². The first kappa shape index (κ1) is 19.3. The summed E-state index contributed by atoms with van der Waals surface area (Å²) in [4.78, 5) is 25.9. The lowest BCUT2D eigenvalue weighted by Gasteiger charge is -2.24. The molecule has 3 heterocycles. The Bertz CT molecular complexity index is 1120. The van der Waals surface area contributed by atoms with E-state index in [2.05, 4.69) is 5.32 Å². The third-order valence-electron chi connectivity index (χ3n) is 6.47. The Hall–Kier alpha value is -2.67. The van der Waals surface area contributed by atoms with Crippen LogP contribution in [0.4, 0.5) is 0 Å². The van der Waals surface area contributed by atoms with Gasteiger partial charge in [0.1, 0.15) is 17.9 Å². The molecule has 2 aliphatic rings. The second-order valence-corrected chi connectivity index (χ2v) is 8.53. The highest BCUT2D eigenvalue weighted by atomic mass is 16.5.